The van der Waals surface area contributed by atoms with Crippen molar-refractivity contribution in [1.82, 2.24) is 0 Å². The zero-order valence-electron chi connectivity index (χ0n) is 19.6. The van der Waals surface area contributed by atoms with Gasteiger partial charge in [-0.1, -0.05) is 56.9 Å². The number of hydrogen-bond donors (Lipinski definition) is 0. The summed E-state index contributed by atoms with van der Waals surface area (Å²) in [5.74, 6) is 4.40. The van der Waals surface area contributed by atoms with Crippen LogP contribution in [-0.2, 0) is 12.6 Å². The van der Waals surface area contributed by atoms with Crippen LogP contribution in [0.5, 0.6) is 0 Å². The lowest BCUT2D eigenvalue weighted by molar-refractivity contribution is -0.142. The van der Waals surface area contributed by atoms with E-state index in [-0.39, 0.29) is 5.56 Å². The van der Waals surface area contributed by atoms with E-state index in [0.717, 1.165) is 18.3 Å². The number of benzene rings is 2. The van der Waals surface area contributed by atoms with Crippen LogP contribution < -0.4 is 0 Å². The third kappa shape index (κ3) is 5.65. The first-order chi connectivity index (χ1) is 16.3. The Balaban J connectivity index is 1.44. The first-order valence-electron chi connectivity index (χ1n) is 12.5. The van der Waals surface area contributed by atoms with E-state index in [2.05, 4.69) is 24.8 Å². The van der Waals surface area contributed by atoms with Crippen LogP contribution in [0.3, 0.4) is 0 Å². The lowest BCUT2D eigenvalue weighted by Gasteiger charge is -2.40. The molecule has 0 saturated heterocycles. The summed E-state index contributed by atoms with van der Waals surface area (Å²) < 4.78 is 65.9. The van der Waals surface area contributed by atoms with Crippen molar-refractivity contribution in [2.24, 2.45) is 11.8 Å². The van der Waals surface area contributed by atoms with Crippen molar-refractivity contribution >= 4 is 0 Å². The summed E-state index contributed by atoms with van der Waals surface area (Å²) in [7, 11) is 0. The number of rotatable bonds is 5. The molecule has 0 heterocycles. The molecule has 0 aromatic heterocycles. The molecule has 2 aromatic rings. The average Bonchev–Trinajstić information content (AvgIpc) is 2.78. The molecule has 0 aliphatic heterocycles. The number of hydrogen-bond acceptors (Lipinski definition) is 0. The van der Waals surface area contributed by atoms with Crippen LogP contribution in [0.4, 0.5) is 22.0 Å². The highest BCUT2D eigenvalue weighted by atomic mass is 19.4. The Morgan fingerprint density at radius 3 is 2.32 bits per heavy atom. The molecule has 0 spiro atoms. The summed E-state index contributed by atoms with van der Waals surface area (Å²) in [4.78, 5) is 0. The van der Waals surface area contributed by atoms with Gasteiger partial charge in [0.1, 0.15) is 17.2 Å². The maximum absolute atomic E-state index is 13.8. The number of fused-ring (bicyclic) bond motifs is 3. The van der Waals surface area contributed by atoms with Crippen molar-refractivity contribution in [3.05, 3.63) is 69.8 Å². The summed E-state index contributed by atoms with van der Waals surface area (Å²) in [5, 5.41) is 0. The minimum Gasteiger partial charge on any atom is -0.206 e. The predicted octanol–water partition coefficient (Wildman–Crippen LogP) is 8.80. The molecule has 3 atom stereocenters. The van der Waals surface area contributed by atoms with Crippen LogP contribution in [0, 0.1) is 35.3 Å². The van der Waals surface area contributed by atoms with Crippen LogP contribution in [0.2, 0.25) is 0 Å². The fourth-order valence-electron chi connectivity index (χ4n) is 5.87. The summed E-state index contributed by atoms with van der Waals surface area (Å²) in [5.41, 5.74) is 1.40. The second kappa shape index (κ2) is 10.5. The average molecular weight is 475 g/mol. The van der Waals surface area contributed by atoms with Gasteiger partial charge in [0.25, 0.3) is 0 Å². The summed E-state index contributed by atoms with van der Waals surface area (Å²) in [6.07, 6.45) is 7.60. The molecular formula is C29H31F5. The smallest absolute Gasteiger partial charge is 0.206 e. The summed E-state index contributed by atoms with van der Waals surface area (Å²) in [6.45, 7) is 2.25. The fourth-order valence-corrected chi connectivity index (χ4v) is 5.87. The monoisotopic (exact) mass is 474 g/mol. The number of unbranched alkanes of at least 4 members (excludes halogenated alkanes) is 3. The van der Waals surface area contributed by atoms with Gasteiger partial charge in [0.05, 0.1) is 0 Å². The molecule has 1 saturated carbocycles. The third-order valence-electron chi connectivity index (χ3n) is 7.56. The van der Waals surface area contributed by atoms with Crippen molar-refractivity contribution in [1.29, 1.82) is 0 Å². The summed E-state index contributed by atoms with van der Waals surface area (Å²) in [6, 6.07) is 7.37. The van der Waals surface area contributed by atoms with E-state index in [1.165, 1.54) is 68.9 Å². The molecular weight excluding hydrogens is 443 g/mol. The quantitative estimate of drug-likeness (QED) is 0.231. The van der Waals surface area contributed by atoms with E-state index in [1.54, 1.807) is 0 Å². The molecule has 0 nitrogen and oxygen atoms in total. The van der Waals surface area contributed by atoms with Gasteiger partial charge in [0, 0.05) is 11.1 Å². The minimum absolute atomic E-state index is 0.113. The lowest BCUT2D eigenvalue weighted by Crippen LogP contribution is -2.28. The third-order valence-corrected chi connectivity index (χ3v) is 7.56. The SMILES string of the molecule is CCCCCCC1CCC2c3ccc(C#Cc4cc(F)c(C(F)(F)F)c(F)c4)cc3CCC2C1. The lowest BCUT2D eigenvalue weighted by atomic mass is 9.64. The molecule has 182 valence electrons. The van der Waals surface area contributed by atoms with E-state index < -0.39 is 23.4 Å². The Morgan fingerprint density at radius 1 is 0.882 bits per heavy atom. The molecule has 0 radical (unpaired) electrons. The van der Waals surface area contributed by atoms with Gasteiger partial charge in [-0.15, -0.1) is 0 Å². The van der Waals surface area contributed by atoms with Crippen LogP contribution in [-0.4, -0.2) is 0 Å². The number of aryl methyl sites for hydroxylation is 1. The van der Waals surface area contributed by atoms with Gasteiger partial charge < -0.3 is 0 Å². The number of alkyl halides is 3. The van der Waals surface area contributed by atoms with Crippen LogP contribution in [0.15, 0.2) is 30.3 Å². The highest BCUT2D eigenvalue weighted by Crippen LogP contribution is 2.48. The van der Waals surface area contributed by atoms with Gasteiger partial charge in [-0.3, -0.25) is 0 Å². The van der Waals surface area contributed by atoms with E-state index in [4.69, 9.17) is 0 Å². The number of halogens is 5. The molecule has 34 heavy (non-hydrogen) atoms. The molecule has 1 fully saturated rings. The largest absolute Gasteiger partial charge is 0.422 e. The fraction of sp³-hybridized carbons (Fsp3) is 0.517. The highest BCUT2D eigenvalue weighted by Gasteiger charge is 2.38. The van der Waals surface area contributed by atoms with E-state index in [0.29, 0.717) is 23.6 Å². The predicted molar refractivity (Wildman–Crippen MR) is 124 cm³/mol. The highest BCUT2D eigenvalue weighted by molar-refractivity contribution is 5.48. The van der Waals surface area contributed by atoms with E-state index >= 15 is 0 Å². The van der Waals surface area contributed by atoms with Gasteiger partial charge in [0.2, 0.25) is 0 Å². The van der Waals surface area contributed by atoms with Gasteiger partial charge in [-0.05, 0) is 85.3 Å². The normalized spacial score (nSPS) is 21.9. The Hall–Kier alpha value is -2.35. The molecule has 4 rings (SSSR count). The molecule has 5 heteroatoms. The van der Waals surface area contributed by atoms with Crippen molar-refractivity contribution in [3.63, 3.8) is 0 Å². The van der Waals surface area contributed by atoms with Crippen LogP contribution >= 0.6 is 0 Å². The molecule has 0 amide bonds. The molecule has 2 aromatic carbocycles. The van der Waals surface area contributed by atoms with Crippen molar-refractivity contribution in [2.75, 3.05) is 0 Å². The van der Waals surface area contributed by atoms with Gasteiger partial charge in [-0.25, -0.2) is 8.78 Å². The van der Waals surface area contributed by atoms with Crippen molar-refractivity contribution < 1.29 is 22.0 Å². The Kier molecular flexibility index (Phi) is 7.65. The van der Waals surface area contributed by atoms with Crippen LogP contribution in [0.1, 0.15) is 98.4 Å². The van der Waals surface area contributed by atoms with E-state index in [1.807, 2.05) is 12.1 Å². The van der Waals surface area contributed by atoms with Gasteiger partial charge in [-0.2, -0.15) is 13.2 Å². The van der Waals surface area contributed by atoms with Gasteiger partial charge >= 0.3 is 6.18 Å². The molecule has 0 bridgehead atoms. The Morgan fingerprint density at radius 2 is 1.62 bits per heavy atom. The minimum atomic E-state index is -5.08. The zero-order valence-corrected chi connectivity index (χ0v) is 19.6. The second-order valence-electron chi connectivity index (χ2n) is 9.91. The maximum atomic E-state index is 13.8. The van der Waals surface area contributed by atoms with Crippen molar-refractivity contribution in [3.8, 4) is 11.8 Å². The van der Waals surface area contributed by atoms with Crippen LogP contribution in [0.25, 0.3) is 0 Å². The molecule has 2 aliphatic rings. The molecule has 0 N–H and O–H groups in total. The molecule has 2 aliphatic carbocycles. The zero-order chi connectivity index (χ0) is 24.3. The van der Waals surface area contributed by atoms with Gasteiger partial charge in [0.15, 0.2) is 0 Å². The van der Waals surface area contributed by atoms with Crippen molar-refractivity contribution in [2.45, 2.75) is 83.2 Å². The maximum Gasteiger partial charge on any atom is 0.422 e. The molecule has 3 unspecified atom stereocenters. The summed E-state index contributed by atoms with van der Waals surface area (Å²) >= 11 is 0. The first-order valence-corrected chi connectivity index (χ1v) is 12.5. The second-order valence-corrected chi connectivity index (χ2v) is 9.91. The Labute approximate surface area is 199 Å². The Bertz CT molecular complexity index is 1050. The standard InChI is InChI=1S/C29H31F5/c1-2-3-4-5-6-19-9-13-24-22(15-19)11-12-23-16-20(10-14-25(23)24)7-8-21-17-26(30)28(27(31)18-21)29(32,33)34/h10,14,16-19,22,24H,2-6,9,11-13,15H2,1H3. The topological polar surface area (TPSA) is 0 Å². The van der Waals surface area contributed by atoms with E-state index in [9.17, 15) is 22.0 Å². The first kappa shape index (κ1) is 24.8.